The maximum absolute atomic E-state index is 5.27. The van der Waals surface area contributed by atoms with Gasteiger partial charge in [0.1, 0.15) is 0 Å². The molecule has 1 aliphatic rings. The summed E-state index contributed by atoms with van der Waals surface area (Å²) >= 11 is 2.02. The van der Waals surface area contributed by atoms with Gasteiger partial charge in [-0.15, -0.1) is 6.42 Å². The molecule has 0 radical (unpaired) electrons. The summed E-state index contributed by atoms with van der Waals surface area (Å²) in [6.07, 6.45) is 7.89. The largest absolute Gasteiger partial charge is 0.300 e. The lowest BCUT2D eigenvalue weighted by atomic mass is 10.1. The Hall–Kier alpha value is -0.130. The summed E-state index contributed by atoms with van der Waals surface area (Å²) in [5.74, 6) is 5.24. The van der Waals surface area contributed by atoms with Gasteiger partial charge < -0.3 is 5.32 Å². The van der Waals surface area contributed by atoms with Crippen molar-refractivity contribution in [2.24, 2.45) is 0 Å². The standard InChI is InChI=1S/C9H15NS/c1-3-8(2)10-9-5-4-6-11-7-9/h1,8-10H,4-7H2,2H3. The van der Waals surface area contributed by atoms with Crippen molar-refractivity contribution in [2.75, 3.05) is 11.5 Å². The van der Waals surface area contributed by atoms with Crippen molar-refractivity contribution >= 4 is 11.8 Å². The minimum absolute atomic E-state index is 0.235. The van der Waals surface area contributed by atoms with Gasteiger partial charge in [0.15, 0.2) is 0 Å². The maximum atomic E-state index is 5.27. The molecule has 0 aliphatic carbocycles. The average molecular weight is 169 g/mol. The molecule has 0 aromatic heterocycles. The van der Waals surface area contributed by atoms with Crippen LogP contribution in [0.15, 0.2) is 0 Å². The minimum atomic E-state index is 0.235. The smallest absolute Gasteiger partial charge is 0.0660 e. The van der Waals surface area contributed by atoms with E-state index in [2.05, 4.69) is 11.2 Å². The van der Waals surface area contributed by atoms with Crippen LogP contribution in [0.3, 0.4) is 0 Å². The Morgan fingerprint density at radius 1 is 1.73 bits per heavy atom. The lowest BCUT2D eigenvalue weighted by Gasteiger charge is -2.24. The summed E-state index contributed by atoms with van der Waals surface area (Å²) in [5.41, 5.74) is 0. The molecule has 1 nitrogen and oxygen atoms in total. The molecule has 1 fully saturated rings. The summed E-state index contributed by atoms with van der Waals surface area (Å²) in [7, 11) is 0. The minimum Gasteiger partial charge on any atom is -0.300 e. The molecule has 0 amide bonds. The third-order valence-corrected chi connectivity index (χ3v) is 3.11. The van der Waals surface area contributed by atoms with Gasteiger partial charge >= 0.3 is 0 Å². The Morgan fingerprint density at radius 2 is 2.55 bits per heavy atom. The third-order valence-electron chi connectivity index (χ3n) is 1.90. The van der Waals surface area contributed by atoms with E-state index in [1.54, 1.807) is 0 Å². The van der Waals surface area contributed by atoms with E-state index in [1.807, 2.05) is 18.7 Å². The van der Waals surface area contributed by atoms with E-state index in [9.17, 15) is 0 Å². The fourth-order valence-corrected chi connectivity index (χ4v) is 2.36. The molecule has 0 saturated carbocycles. The average Bonchev–Trinajstić information content (AvgIpc) is 2.06. The number of hydrogen-bond acceptors (Lipinski definition) is 2. The molecule has 2 atom stereocenters. The van der Waals surface area contributed by atoms with Crippen LogP contribution in [-0.4, -0.2) is 23.6 Å². The highest BCUT2D eigenvalue weighted by molar-refractivity contribution is 7.99. The molecular weight excluding hydrogens is 154 g/mol. The number of hydrogen-bond donors (Lipinski definition) is 1. The Kier molecular flexibility index (Phi) is 3.82. The summed E-state index contributed by atoms with van der Waals surface area (Å²) in [4.78, 5) is 0. The van der Waals surface area contributed by atoms with Gasteiger partial charge in [0, 0.05) is 11.8 Å². The molecule has 0 aromatic rings. The first-order valence-corrected chi connectivity index (χ1v) is 5.28. The molecule has 1 heterocycles. The highest BCUT2D eigenvalue weighted by Gasteiger charge is 2.14. The third kappa shape index (κ3) is 3.18. The van der Waals surface area contributed by atoms with Crippen molar-refractivity contribution in [3.8, 4) is 12.3 Å². The van der Waals surface area contributed by atoms with Crippen LogP contribution in [0, 0.1) is 12.3 Å². The second-order valence-corrected chi connectivity index (χ2v) is 4.12. The molecule has 0 bridgehead atoms. The summed E-state index contributed by atoms with van der Waals surface area (Å²) in [6.45, 7) is 2.04. The van der Waals surface area contributed by atoms with E-state index >= 15 is 0 Å². The fourth-order valence-electron chi connectivity index (χ4n) is 1.27. The van der Waals surface area contributed by atoms with Crippen molar-refractivity contribution in [3.05, 3.63) is 0 Å². The molecule has 1 saturated heterocycles. The van der Waals surface area contributed by atoms with Crippen molar-refractivity contribution in [2.45, 2.75) is 31.8 Å². The van der Waals surface area contributed by atoms with Crippen LogP contribution in [0.2, 0.25) is 0 Å². The molecule has 2 unspecified atom stereocenters. The second kappa shape index (κ2) is 4.69. The topological polar surface area (TPSA) is 12.0 Å². The Labute approximate surface area is 73.3 Å². The number of terminal acetylenes is 1. The van der Waals surface area contributed by atoms with E-state index in [0.717, 1.165) is 0 Å². The van der Waals surface area contributed by atoms with E-state index < -0.39 is 0 Å². The van der Waals surface area contributed by atoms with Crippen molar-refractivity contribution < 1.29 is 0 Å². The van der Waals surface area contributed by atoms with Gasteiger partial charge in [0.25, 0.3) is 0 Å². The fraction of sp³-hybridized carbons (Fsp3) is 0.778. The SMILES string of the molecule is C#CC(C)NC1CCCSC1. The van der Waals surface area contributed by atoms with E-state index in [1.165, 1.54) is 24.3 Å². The normalized spacial score (nSPS) is 27.5. The molecule has 1 N–H and O–H groups in total. The van der Waals surface area contributed by atoms with Crippen LogP contribution < -0.4 is 5.32 Å². The Bertz CT molecular complexity index is 144. The van der Waals surface area contributed by atoms with Crippen LogP contribution in [0.5, 0.6) is 0 Å². The van der Waals surface area contributed by atoms with Gasteiger partial charge in [-0.1, -0.05) is 5.92 Å². The van der Waals surface area contributed by atoms with Gasteiger partial charge in [-0.25, -0.2) is 0 Å². The monoisotopic (exact) mass is 169 g/mol. The van der Waals surface area contributed by atoms with Crippen molar-refractivity contribution in [1.29, 1.82) is 0 Å². The molecule has 11 heavy (non-hydrogen) atoms. The van der Waals surface area contributed by atoms with Crippen molar-refractivity contribution in [1.82, 2.24) is 5.32 Å². The maximum Gasteiger partial charge on any atom is 0.0660 e. The van der Waals surface area contributed by atoms with E-state index in [4.69, 9.17) is 6.42 Å². The molecule has 0 spiro atoms. The zero-order valence-electron chi connectivity index (χ0n) is 6.97. The lowest BCUT2D eigenvalue weighted by Crippen LogP contribution is -2.39. The highest BCUT2D eigenvalue weighted by Crippen LogP contribution is 2.16. The number of nitrogens with one attached hydrogen (secondary N) is 1. The van der Waals surface area contributed by atoms with Crippen LogP contribution in [0.4, 0.5) is 0 Å². The van der Waals surface area contributed by atoms with E-state index in [0.29, 0.717) is 6.04 Å². The van der Waals surface area contributed by atoms with Crippen LogP contribution in [0.25, 0.3) is 0 Å². The Morgan fingerprint density at radius 3 is 3.09 bits per heavy atom. The van der Waals surface area contributed by atoms with Gasteiger partial charge in [-0.2, -0.15) is 11.8 Å². The summed E-state index contributed by atoms with van der Waals surface area (Å²) in [6, 6.07) is 0.887. The van der Waals surface area contributed by atoms with Gasteiger partial charge in [0.2, 0.25) is 0 Å². The molecule has 1 aliphatic heterocycles. The molecule has 0 aromatic carbocycles. The van der Waals surface area contributed by atoms with Gasteiger partial charge in [-0.05, 0) is 25.5 Å². The number of thioether (sulfide) groups is 1. The highest BCUT2D eigenvalue weighted by atomic mass is 32.2. The quantitative estimate of drug-likeness (QED) is 0.629. The summed E-state index contributed by atoms with van der Waals surface area (Å²) < 4.78 is 0. The van der Waals surface area contributed by atoms with Gasteiger partial charge in [-0.3, -0.25) is 0 Å². The van der Waals surface area contributed by atoms with Crippen LogP contribution in [0.1, 0.15) is 19.8 Å². The lowest BCUT2D eigenvalue weighted by molar-refractivity contribution is 0.489. The number of rotatable bonds is 2. The zero-order valence-corrected chi connectivity index (χ0v) is 7.79. The first-order chi connectivity index (χ1) is 5.33. The summed E-state index contributed by atoms with van der Waals surface area (Å²) in [5, 5.41) is 3.41. The van der Waals surface area contributed by atoms with Gasteiger partial charge in [0.05, 0.1) is 6.04 Å². The molecular formula is C9H15NS. The zero-order chi connectivity index (χ0) is 8.10. The predicted molar refractivity (Wildman–Crippen MR) is 51.8 cm³/mol. The first kappa shape index (κ1) is 8.96. The van der Waals surface area contributed by atoms with Crippen LogP contribution in [-0.2, 0) is 0 Å². The predicted octanol–water partition coefficient (Wildman–Crippen LogP) is 1.49. The molecule has 62 valence electrons. The molecule has 1 rings (SSSR count). The Balaban J connectivity index is 2.20. The second-order valence-electron chi connectivity index (χ2n) is 2.97. The van der Waals surface area contributed by atoms with Crippen LogP contribution >= 0.6 is 11.8 Å². The first-order valence-electron chi connectivity index (χ1n) is 4.13. The van der Waals surface area contributed by atoms with E-state index in [-0.39, 0.29) is 6.04 Å². The van der Waals surface area contributed by atoms with Crippen molar-refractivity contribution in [3.63, 3.8) is 0 Å². The molecule has 2 heteroatoms.